The summed E-state index contributed by atoms with van der Waals surface area (Å²) in [6.45, 7) is 0. The maximum absolute atomic E-state index is 8.76. The van der Waals surface area contributed by atoms with Crippen molar-refractivity contribution in [1.82, 2.24) is 0 Å². The molecule has 0 N–H and O–H groups in total. The largest absolute Gasteiger partial charge is 0.192 e. The topological polar surface area (TPSA) is 23.8 Å². The zero-order valence-electron chi connectivity index (χ0n) is 6.41. The molecule has 0 saturated heterocycles. The van der Waals surface area contributed by atoms with Crippen molar-refractivity contribution in [3.63, 3.8) is 0 Å². The number of nitriles is 1. The molecule has 2 aromatic rings. The summed E-state index contributed by atoms with van der Waals surface area (Å²) in [5.41, 5.74) is 0.592. The Bertz CT molecular complexity index is 510. The van der Waals surface area contributed by atoms with Gasteiger partial charge >= 0.3 is 0 Å². The maximum atomic E-state index is 8.76. The van der Waals surface area contributed by atoms with Crippen LogP contribution in [0.3, 0.4) is 0 Å². The summed E-state index contributed by atoms with van der Waals surface area (Å²) in [6.07, 6.45) is 0. The summed E-state index contributed by atoms with van der Waals surface area (Å²) >= 11 is 11.6. The van der Waals surface area contributed by atoms with Crippen molar-refractivity contribution in [3.8, 4) is 6.07 Å². The van der Waals surface area contributed by atoms with Crippen LogP contribution in [-0.4, -0.2) is 0 Å². The van der Waals surface area contributed by atoms with Crippen LogP contribution < -0.4 is 0 Å². The third-order valence-electron chi connectivity index (χ3n) is 1.75. The second kappa shape index (κ2) is 3.22. The van der Waals surface area contributed by atoms with E-state index in [2.05, 4.69) is 18.7 Å². The van der Waals surface area contributed by atoms with Gasteiger partial charge < -0.3 is 0 Å². The molecule has 64 valence electrons. The number of nitrogens with zero attached hydrogens (tertiary/aromatic N) is 1. The minimum atomic E-state index is 0.592. The molecule has 0 radical (unpaired) electrons. The molecule has 4 heteroatoms. The fraction of sp³-hybridized carbons (Fsp3) is 0. The first-order chi connectivity index (χ1) is 6.22. The molecule has 0 aliphatic rings. The van der Waals surface area contributed by atoms with E-state index < -0.39 is 0 Å². The first-order valence-electron chi connectivity index (χ1n) is 3.53. The van der Waals surface area contributed by atoms with Gasteiger partial charge in [0.2, 0.25) is 0 Å². The third kappa shape index (κ3) is 1.42. The molecule has 1 nitrogen and oxygen atoms in total. The van der Waals surface area contributed by atoms with Gasteiger partial charge in [0.05, 0.1) is 14.6 Å². The van der Waals surface area contributed by atoms with E-state index in [-0.39, 0.29) is 0 Å². The second-order valence-corrected chi connectivity index (χ2v) is 4.67. The highest BCUT2D eigenvalue weighted by Gasteiger charge is 2.06. The lowest BCUT2D eigenvalue weighted by atomic mass is 10.2. The van der Waals surface area contributed by atoms with Crippen LogP contribution in [0.4, 0.5) is 0 Å². The molecule has 1 heterocycles. The quantitative estimate of drug-likeness (QED) is 0.679. The van der Waals surface area contributed by atoms with Gasteiger partial charge in [-0.3, -0.25) is 0 Å². The number of halogens is 1. The van der Waals surface area contributed by atoms with Gasteiger partial charge in [0.1, 0.15) is 6.07 Å². The van der Waals surface area contributed by atoms with Gasteiger partial charge in [0.15, 0.2) is 0 Å². The molecular weight excluding hydrogens is 222 g/mol. The average molecular weight is 226 g/mol. The summed E-state index contributed by atoms with van der Waals surface area (Å²) in [5, 5.41) is 9.80. The molecule has 0 aliphatic heterocycles. The molecule has 0 atom stereocenters. The van der Waals surface area contributed by atoms with E-state index in [0.717, 1.165) is 19.3 Å². The van der Waals surface area contributed by atoms with Gasteiger partial charge in [0, 0.05) is 4.90 Å². The highest BCUT2D eigenvalue weighted by atomic mass is 35.5. The minimum Gasteiger partial charge on any atom is -0.192 e. The van der Waals surface area contributed by atoms with Crippen molar-refractivity contribution >= 4 is 45.7 Å². The SMILES string of the molecule is N#Cc1ccc2cc(Cl)sc2c1S. The van der Waals surface area contributed by atoms with E-state index in [9.17, 15) is 0 Å². The first-order valence-corrected chi connectivity index (χ1v) is 5.17. The standard InChI is InChI=1S/C9H4ClNS2/c10-7-3-5-1-2-6(4-11)8(12)9(5)13-7/h1-3,12H. The highest BCUT2D eigenvalue weighted by Crippen LogP contribution is 2.35. The molecular formula is C9H4ClNS2. The van der Waals surface area contributed by atoms with Crippen molar-refractivity contribution in [2.45, 2.75) is 4.90 Å². The summed E-state index contributed by atoms with van der Waals surface area (Å²) in [4.78, 5) is 0.719. The van der Waals surface area contributed by atoms with Crippen LogP contribution in [0.15, 0.2) is 23.1 Å². The molecule has 1 aromatic carbocycles. The Morgan fingerprint density at radius 3 is 2.92 bits per heavy atom. The van der Waals surface area contributed by atoms with Crippen LogP contribution in [0.1, 0.15) is 5.56 Å². The van der Waals surface area contributed by atoms with Gasteiger partial charge in [-0.1, -0.05) is 17.7 Å². The predicted octanol–water partition coefficient (Wildman–Crippen LogP) is 3.72. The summed E-state index contributed by atoms with van der Waals surface area (Å²) < 4.78 is 1.70. The van der Waals surface area contributed by atoms with Gasteiger partial charge in [-0.05, 0) is 17.5 Å². The molecule has 0 fully saturated rings. The lowest BCUT2D eigenvalue weighted by Crippen LogP contribution is -1.76. The molecule has 0 spiro atoms. The fourth-order valence-corrected chi connectivity index (χ4v) is 2.72. The highest BCUT2D eigenvalue weighted by molar-refractivity contribution is 7.80. The van der Waals surface area contributed by atoms with Crippen LogP contribution >= 0.6 is 35.6 Å². The Balaban J connectivity index is 2.87. The van der Waals surface area contributed by atoms with E-state index in [4.69, 9.17) is 16.9 Å². The van der Waals surface area contributed by atoms with Crippen LogP contribution in [0.2, 0.25) is 4.34 Å². The normalized spacial score (nSPS) is 10.2. The Morgan fingerprint density at radius 2 is 2.23 bits per heavy atom. The molecule has 0 bridgehead atoms. The van der Waals surface area contributed by atoms with E-state index in [1.165, 1.54) is 11.3 Å². The van der Waals surface area contributed by atoms with E-state index >= 15 is 0 Å². The van der Waals surface area contributed by atoms with Gasteiger partial charge in [-0.2, -0.15) is 5.26 Å². The van der Waals surface area contributed by atoms with Crippen molar-refractivity contribution in [1.29, 1.82) is 5.26 Å². The average Bonchev–Trinajstić information content (AvgIpc) is 2.47. The number of benzene rings is 1. The van der Waals surface area contributed by atoms with Crippen LogP contribution in [0.5, 0.6) is 0 Å². The second-order valence-electron chi connectivity index (χ2n) is 2.54. The van der Waals surface area contributed by atoms with Crippen molar-refractivity contribution in [3.05, 3.63) is 28.1 Å². The number of thiol groups is 1. The van der Waals surface area contributed by atoms with Gasteiger partial charge in [-0.15, -0.1) is 24.0 Å². The lowest BCUT2D eigenvalue weighted by molar-refractivity contribution is 1.43. The number of hydrogen-bond acceptors (Lipinski definition) is 3. The molecule has 2 rings (SSSR count). The van der Waals surface area contributed by atoms with Crippen LogP contribution in [0.25, 0.3) is 10.1 Å². The number of hydrogen-bond donors (Lipinski definition) is 1. The molecule has 0 saturated carbocycles. The molecule has 0 amide bonds. The maximum Gasteiger partial charge on any atom is 0.100 e. The fourth-order valence-electron chi connectivity index (χ4n) is 1.15. The smallest absolute Gasteiger partial charge is 0.100 e. The summed E-state index contributed by atoms with van der Waals surface area (Å²) in [6, 6.07) is 7.60. The number of thiophene rings is 1. The van der Waals surface area contributed by atoms with Gasteiger partial charge in [-0.25, -0.2) is 0 Å². The zero-order chi connectivity index (χ0) is 9.42. The van der Waals surface area contributed by atoms with Crippen molar-refractivity contribution in [2.24, 2.45) is 0 Å². The number of fused-ring (bicyclic) bond motifs is 1. The Morgan fingerprint density at radius 1 is 1.46 bits per heavy atom. The summed E-state index contributed by atoms with van der Waals surface area (Å²) in [7, 11) is 0. The monoisotopic (exact) mass is 225 g/mol. The van der Waals surface area contributed by atoms with Crippen LogP contribution in [-0.2, 0) is 0 Å². The molecule has 13 heavy (non-hydrogen) atoms. The molecule has 0 aliphatic carbocycles. The van der Waals surface area contributed by atoms with Gasteiger partial charge in [0.25, 0.3) is 0 Å². The third-order valence-corrected chi connectivity index (χ3v) is 3.66. The predicted molar refractivity (Wildman–Crippen MR) is 58.8 cm³/mol. The Hall–Kier alpha value is -0.690. The lowest BCUT2D eigenvalue weighted by Gasteiger charge is -1.95. The Kier molecular flexibility index (Phi) is 2.20. The van der Waals surface area contributed by atoms with Crippen molar-refractivity contribution in [2.75, 3.05) is 0 Å². The summed E-state index contributed by atoms with van der Waals surface area (Å²) in [5.74, 6) is 0. The number of rotatable bonds is 0. The Labute approximate surface area is 90.0 Å². The zero-order valence-corrected chi connectivity index (χ0v) is 8.88. The first kappa shape index (κ1) is 8.89. The van der Waals surface area contributed by atoms with Crippen LogP contribution in [0, 0.1) is 11.3 Å². The molecule has 1 aromatic heterocycles. The minimum absolute atomic E-state index is 0.592. The van der Waals surface area contributed by atoms with E-state index in [1.807, 2.05) is 12.1 Å². The van der Waals surface area contributed by atoms with E-state index in [0.29, 0.717) is 5.56 Å². The van der Waals surface area contributed by atoms with Crippen molar-refractivity contribution < 1.29 is 0 Å². The molecule has 0 unspecified atom stereocenters. The van der Waals surface area contributed by atoms with E-state index in [1.54, 1.807) is 6.07 Å².